The first-order chi connectivity index (χ1) is 12.7. The zero-order chi connectivity index (χ0) is 18.1. The van der Waals surface area contributed by atoms with Crippen molar-refractivity contribution in [3.05, 3.63) is 71.2 Å². The quantitative estimate of drug-likeness (QED) is 0.667. The van der Waals surface area contributed by atoms with Crippen LogP contribution >= 0.6 is 0 Å². The third kappa shape index (κ3) is 3.36. The minimum Gasteiger partial charge on any atom is -0.361 e. The number of carbonyl (C=O) groups excluding carboxylic acids is 1. The minimum atomic E-state index is -0.262. The van der Waals surface area contributed by atoms with Gasteiger partial charge in [0.1, 0.15) is 5.82 Å². The number of aromatic amines is 1. The Morgan fingerprint density at radius 2 is 2.00 bits per heavy atom. The van der Waals surface area contributed by atoms with Crippen LogP contribution in [0.1, 0.15) is 48.8 Å². The van der Waals surface area contributed by atoms with Crippen LogP contribution in [0.5, 0.6) is 0 Å². The summed E-state index contributed by atoms with van der Waals surface area (Å²) in [6.07, 6.45) is 5.45. The molecule has 26 heavy (non-hydrogen) atoms. The molecule has 1 aromatic heterocycles. The Morgan fingerprint density at radius 3 is 2.69 bits per heavy atom. The fraction of sp³-hybridized carbons (Fsp3) is 0.318. The molecular formula is C22H23FN2O. The lowest BCUT2D eigenvalue weighted by Gasteiger charge is -2.17. The zero-order valence-electron chi connectivity index (χ0n) is 14.9. The van der Waals surface area contributed by atoms with E-state index in [1.54, 1.807) is 12.1 Å². The van der Waals surface area contributed by atoms with E-state index < -0.39 is 0 Å². The van der Waals surface area contributed by atoms with Gasteiger partial charge in [0.05, 0.1) is 0 Å². The van der Waals surface area contributed by atoms with Crippen molar-refractivity contribution in [3.63, 3.8) is 0 Å². The predicted octanol–water partition coefficient (Wildman–Crippen LogP) is 4.67. The van der Waals surface area contributed by atoms with Crippen LogP contribution in [0.2, 0.25) is 0 Å². The van der Waals surface area contributed by atoms with Crippen molar-refractivity contribution in [1.82, 2.24) is 10.3 Å². The van der Waals surface area contributed by atoms with Gasteiger partial charge in [-0.2, -0.15) is 0 Å². The lowest BCUT2D eigenvalue weighted by molar-refractivity contribution is -0.121. The van der Waals surface area contributed by atoms with E-state index in [9.17, 15) is 9.18 Å². The highest BCUT2D eigenvalue weighted by Crippen LogP contribution is 2.35. The van der Waals surface area contributed by atoms with Gasteiger partial charge in [0.15, 0.2) is 0 Å². The van der Waals surface area contributed by atoms with Crippen molar-refractivity contribution in [2.24, 2.45) is 0 Å². The summed E-state index contributed by atoms with van der Waals surface area (Å²) in [5, 5.41) is 4.21. The van der Waals surface area contributed by atoms with Crippen LogP contribution in [0.15, 0.2) is 48.7 Å². The lowest BCUT2D eigenvalue weighted by Crippen LogP contribution is -2.27. The average Bonchev–Trinajstić information content (AvgIpc) is 3.35. The molecule has 1 aliphatic rings. The number of para-hydroxylation sites is 1. The number of hydrogen-bond acceptors (Lipinski definition) is 1. The van der Waals surface area contributed by atoms with Gasteiger partial charge in [-0.05, 0) is 48.1 Å². The number of nitrogens with one attached hydrogen (secondary N) is 2. The van der Waals surface area contributed by atoms with Crippen molar-refractivity contribution in [1.29, 1.82) is 0 Å². The number of benzene rings is 2. The lowest BCUT2D eigenvalue weighted by atomic mass is 9.87. The number of hydrogen-bond donors (Lipinski definition) is 2. The minimum absolute atomic E-state index is 0.0582. The molecule has 0 radical (unpaired) electrons. The van der Waals surface area contributed by atoms with Crippen LogP contribution < -0.4 is 5.32 Å². The maximum absolute atomic E-state index is 13.4. The molecule has 0 saturated heterocycles. The largest absolute Gasteiger partial charge is 0.361 e. The van der Waals surface area contributed by atoms with Gasteiger partial charge in [-0.3, -0.25) is 4.79 Å². The van der Waals surface area contributed by atoms with E-state index in [0.29, 0.717) is 12.5 Å². The number of rotatable bonds is 6. The molecule has 0 aliphatic heterocycles. The van der Waals surface area contributed by atoms with Crippen molar-refractivity contribution < 1.29 is 9.18 Å². The Hall–Kier alpha value is -2.62. The standard InChI is InChI=1S/C22H23FN2O/c1-2-14-4-3-5-18-20(13-24-22(14)18)19(12-21(26)25-17-10-11-17)15-6-8-16(23)9-7-15/h3-9,13,17,19,24H,2,10-12H2,1H3,(H,25,26). The van der Waals surface area contributed by atoms with Gasteiger partial charge in [-0.15, -0.1) is 0 Å². The van der Waals surface area contributed by atoms with Crippen LogP contribution in [0.3, 0.4) is 0 Å². The predicted molar refractivity (Wildman–Crippen MR) is 102 cm³/mol. The average molecular weight is 350 g/mol. The van der Waals surface area contributed by atoms with E-state index in [-0.39, 0.29) is 17.6 Å². The first kappa shape index (κ1) is 16.8. The van der Waals surface area contributed by atoms with Gasteiger partial charge in [-0.25, -0.2) is 4.39 Å². The molecule has 1 atom stereocenters. The molecule has 3 nitrogen and oxygen atoms in total. The van der Waals surface area contributed by atoms with Gasteiger partial charge in [-0.1, -0.05) is 37.3 Å². The highest BCUT2D eigenvalue weighted by molar-refractivity contribution is 5.88. The summed E-state index contributed by atoms with van der Waals surface area (Å²) in [6, 6.07) is 13.1. The Morgan fingerprint density at radius 1 is 1.23 bits per heavy atom. The summed E-state index contributed by atoms with van der Waals surface area (Å²) in [6.45, 7) is 2.13. The molecule has 2 N–H and O–H groups in total. The highest BCUT2D eigenvalue weighted by Gasteiger charge is 2.27. The Balaban J connectivity index is 1.74. The van der Waals surface area contributed by atoms with Crippen LogP contribution in [0.4, 0.5) is 4.39 Å². The molecule has 4 heteroatoms. The molecular weight excluding hydrogens is 327 g/mol. The molecule has 4 rings (SSSR count). The first-order valence-corrected chi connectivity index (χ1v) is 9.29. The van der Waals surface area contributed by atoms with Crippen molar-refractivity contribution >= 4 is 16.8 Å². The topological polar surface area (TPSA) is 44.9 Å². The van der Waals surface area contributed by atoms with E-state index in [0.717, 1.165) is 41.3 Å². The smallest absolute Gasteiger partial charge is 0.221 e. The molecule has 2 aromatic carbocycles. The summed E-state index contributed by atoms with van der Waals surface area (Å²) < 4.78 is 13.4. The van der Waals surface area contributed by atoms with Crippen molar-refractivity contribution in [3.8, 4) is 0 Å². The van der Waals surface area contributed by atoms with Gasteiger partial charge < -0.3 is 10.3 Å². The summed E-state index contributed by atoms with van der Waals surface area (Å²) in [4.78, 5) is 15.9. The zero-order valence-corrected chi connectivity index (χ0v) is 14.9. The molecule has 1 saturated carbocycles. The van der Waals surface area contributed by atoms with Gasteiger partial charge >= 0.3 is 0 Å². The molecule has 1 amide bonds. The van der Waals surface area contributed by atoms with Gasteiger partial charge in [0.2, 0.25) is 5.91 Å². The molecule has 1 aliphatic carbocycles. The van der Waals surface area contributed by atoms with E-state index in [1.807, 2.05) is 6.20 Å². The Labute approximate surface area is 152 Å². The summed E-state index contributed by atoms with van der Waals surface area (Å²) in [5.74, 6) is -0.305. The van der Waals surface area contributed by atoms with Gasteiger partial charge in [0, 0.05) is 35.5 Å². The Kier molecular flexibility index (Phi) is 4.49. The highest BCUT2D eigenvalue weighted by atomic mass is 19.1. The summed E-state index contributed by atoms with van der Waals surface area (Å²) >= 11 is 0. The van der Waals surface area contributed by atoms with Crippen LogP contribution in [-0.2, 0) is 11.2 Å². The second-order valence-corrected chi connectivity index (χ2v) is 7.09. The second kappa shape index (κ2) is 6.94. The fourth-order valence-corrected chi connectivity index (χ4v) is 3.62. The van der Waals surface area contributed by atoms with E-state index >= 15 is 0 Å². The third-order valence-electron chi connectivity index (χ3n) is 5.19. The number of H-pyrrole nitrogens is 1. The molecule has 0 bridgehead atoms. The van der Waals surface area contributed by atoms with Crippen molar-refractivity contribution in [2.45, 2.75) is 44.6 Å². The Bertz CT molecular complexity index is 925. The number of carbonyl (C=O) groups is 1. The third-order valence-corrected chi connectivity index (χ3v) is 5.19. The number of aromatic nitrogens is 1. The van der Waals surface area contributed by atoms with Crippen LogP contribution in [-0.4, -0.2) is 16.9 Å². The summed E-state index contributed by atoms with van der Waals surface area (Å²) in [5.41, 5.74) is 4.43. The maximum atomic E-state index is 13.4. The van der Waals surface area contributed by atoms with Crippen molar-refractivity contribution in [2.75, 3.05) is 0 Å². The number of amides is 1. The first-order valence-electron chi connectivity index (χ1n) is 9.29. The SMILES string of the molecule is CCc1cccc2c(C(CC(=O)NC3CC3)c3ccc(F)cc3)c[nH]c12. The molecule has 1 heterocycles. The molecule has 134 valence electrons. The molecule has 1 unspecified atom stereocenters. The molecule has 3 aromatic rings. The number of halogens is 1. The van der Waals surface area contributed by atoms with E-state index in [2.05, 4.69) is 35.4 Å². The normalized spacial score (nSPS) is 15.2. The van der Waals surface area contributed by atoms with E-state index in [1.165, 1.54) is 17.7 Å². The molecule has 1 fully saturated rings. The monoisotopic (exact) mass is 350 g/mol. The summed E-state index contributed by atoms with van der Waals surface area (Å²) in [7, 11) is 0. The van der Waals surface area contributed by atoms with Crippen LogP contribution in [0, 0.1) is 5.82 Å². The maximum Gasteiger partial charge on any atom is 0.221 e. The number of fused-ring (bicyclic) bond motifs is 1. The van der Waals surface area contributed by atoms with E-state index in [4.69, 9.17) is 0 Å². The van der Waals surface area contributed by atoms with Crippen LogP contribution in [0.25, 0.3) is 10.9 Å². The molecule has 0 spiro atoms. The second-order valence-electron chi connectivity index (χ2n) is 7.09. The van der Waals surface area contributed by atoms with Gasteiger partial charge in [0.25, 0.3) is 0 Å². The number of aryl methyl sites for hydroxylation is 1. The fourth-order valence-electron chi connectivity index (χ4n) is 3.62.